The van der Waals surface area contributed by atoms with Crippen LogP contribution in [0.5, 0.6) is 11.5 Å². The lowest BCUT2D eigenvalue weighted by Crippen LogP contribution is -1.97. The maximum atomic E-state index is 12.8. The fourth-order valence-corrected chi connectivity index (χ4v) is 2.13. The topological polar surface area (TPSA) is 18.5 Å². The molecule has 0 atom stereocenters. The first-order valence-electron chi connectivity index (χ1n) is 7.53. The summed E-state index contributed by atoms with van der Waals surface area (Å²) >= 11 is 0. The molecule has 0 aliphatic carbocycles. The van der Waals surface area contributed by atoms with Crippen LogP contribution in [-0.4, -0.2) is 0 Å². The largest absolute Gasteiger partial charge is 0.489 e. The molecule has 0 saturated carbocycles. The van der Waals surface area contributed by atoms with Crippen molar-refractivity contribution in [2.75, 3.05) is 0 Å². The van der Waals surface area contributed by atoms with Gasteiger partial charge >= 0.3 is 0 Å². The minimum atomic E-state index is -0.263. The van der Waals surface area contributed by atoms with Gasteiger partial charge in [0.15, 0.2) is 0 Å². The van der Waals surface area contributed by atoms with E-state index < -0.39 is 0 Å². The Morgan fingerprint density at radius 2 is 0.833 bits per heavy atom. The molecule has 0 aliphatic heterocycles. The second kappa shape index (κ2) is 7.59. The minimum absolute atomic E-state index is 0.263. The SMILES string of the molecule is Fc1ccc(COc2ccc(OCc3ccc(F)cc3)cc2)cc1. The van der Waals surface area contributed by atoms with Gasteiger partial charge in [0.05, 0.1) is 0 Å². The molecule has 0 heterocycles. The zero-order chi connectivity index (χ0) is 16.8. The summed E-state index contributed by atoms with van der Waals surface area (Å²) in [7, 11) is 0. The van der Waals surface area contributed by atoms with Crippen molar-refractivity contribution >= 4 is 0 Å². The van der Waals surface area contributed by atoms with Gasteiger partial charge in [-0.1, -0.05) is 24.3 Å². The molecule has 3 rings (SSSR count). The number of ether oxygens (including phenoxy) is 2. The zero-order valence-corrected chi connectivity index (χ0v) is 12.9. The monoisotopic (exact) mass is 326 g/mol. The fraction of sp³-hybridized carbons (Fsp3) is 0.100. The molecule has 0 aliphatic rings. The number of hydrogen-bond acceptors (Lipinski definition) is 2. The van der Waals surface area contributed by atoms with Crippen molar-refractivity contribution in [3.05, 3.63) is 95.6 Å². The highest BCUT2D eigenvalue weighted by Gasteiger charge is 2.00. The Kier molecular flexibility index (Phi) is 5.06. The Hall–Kier alpha value is -2.88. The van der Waals surface area contributed by atoms with Crippen LogP contribution in [0.2, 0.25) is 0 Å². The van der Waals surface area contributed by atoms with Gasteiger partial charge in [-0.3, -0.25) is 0 Å². The van der Waals surface area contributed by atoms with Crippen LogP contribution in [0, 0.1) is 11.6 Å². The summed E-state index contributed by atoms with van der Waals surface area (Å²) in [5.74, 6) is 0.879. The van der Waals surface area contributed by atoms with Crippen LogP contribution >= 0.6 is 0 Å². The Morgan fingerprint density at radius 3 is 1.17 bits per heavy atom. The maximum Gasteiger partial charge on any atom is 0.123 e. The molecule has 3 aromatic rings. The summed E-state index contributed by atoms with van der Waals surface area (Å²) in [5.41, 5.74) is 1.79. The van der Waals surface area contributed by atoms with E-state index >= 15 is 0 Å². The third-order valence-corrected chi connectivity index (χ3v) is 3.46. The normalized spacial score (nSPS) is 10.4. The molecular weight excluding hydrogens is 310 g/mol. The van der Waals surface area contributed by atoms with E-state index in [1.165, 1.54) is 24.3 Å². The van der Waals surface area contributed by atoms with E-state index in [0.717, 1.165) is 11.1 Å². The minimum Gasteiger partial charge on any atom is -0.489 e. The first-order valence-corrected chi connectivity index (χ1v) is 7.53. The van der Waals surface area contributed by atoms with Gasteiger partial charge in [0.25, 0.3) is 0 Å². The first-order chi connectivity index (χ1) is 11.7. The maximum absolute atomic E-state index is 12.8. The molecule has 122 valence electrons. The van der Waals surface area contributed by atoms with Crippen LogP contribution in [0.25, 0.3) is 0 Å². The van der Waals surface area contributed by atoms with Crippen LogP contribution in [-0.2, 0) is 13.2 Å². The lowest BCUT2D eigenvalue weighted by molar-refractivity contribution is 0.297. The second-order valence-electron chi connectivity index (χ2n) is 5.30. The van der Waals surface area contributed by atoms with Gasteiger partial charge in [0, 0.05) is 0 Å². The lowest BCUT2D eigenvalue weighted by Gasteiger charge is -2.09. The molecule has 3 aromatic carbocycles. The standard InChI is InChI=1S/C20H16F2O2/c21-17-5-1-15(2-6-17)13-23-19-9-11-20(12-10-19)24-14-16-3-7-18(22)8-4-16/h1-12H,13-14H2. The van der Waals surface area contributed by atoms with Crippen molar-refractivity contribution in [3.8, 4) is 11.5 Å². The van der Waals surface area contributed by atoms with E-state index in [2.05, 4.69) is 0 Å². The van der Waals surface area contributed by atoms with E-state index in [0.29, 0.717) is 24.7 Å². The summed E-state index contributed by atoms with van der Waals surface area (Å²) in [6.45, 7) is 0.742. The molecule has 0 N–H and O–H groups in total. The molecule has 2 nitrogen and oxygen atoms in total. The zero-order valence-electron chi connectivity index (χ0n) is 12.9. The third kappa shape index (κ3) is 4.56. The summed E-state index contributed by atoms with van der Waals surface area (Å²) in [5, 5.41) is 0. The highest BCUT2D eigenvalue weighted by Crippen LogP contribution is 2.20. The van der Waals surface area contributed by atoms with E-state index in [1.54, 1.807) is 24.3 Å². The Morgan fingerprint density at radius 1 is 0.500 bits per heavy atom. The van der Waals surface area contributed by atoms with Crippen molar-refractivity contribution in [1.29, 1.82) is 0 Å². The molecule has 0 saturated heterocycles. The summed E-state index contributed by atoms with van der Waals surface area (Å²) in [6.07, 6.45) is 0. The quantitative estimate of drug-likeness (QED) is 0.626. The predicted octanol–water partition coefficient (Wildman–Crippen LogP) is 5.12. The molecule has 4 heteroatoms. The molecule has 0 aromatic heterocycles. The molecule has 0 amide bonds. The van der Waals surface area contributed by atoms with Crippen LogP contribution in [0.15, 0.2) is 72.8 Å². The molecular formula is C20H16F2O2. The van der Waals surface area contributed by atoms with E-state index in [1.807, 2.05) is 24.3 Å². The van der Waals surface area contributed by atoms with Crippen molar-refractivity contribution in [3.63, 3.8) is 0 Å². The molecule has 24 heavy (non-hydrogen) atoms. The van der Waals surface area contributed by atoms with Crippen LogP contribution < -0.4 is 9.47 Å². The van der Waals surface area contributed by atoms with Gasteiger partial charge in [-0.05, 0) is 59.7 Å². The van der Waals surface area contributed by atoms with Gasteiger partial charge in [0.1, 0.15) is 36.3 Å². The molecule has 0 spiro atoms. The second-order valence-corrected chi connectivity index (χ2v) is 5.30. The number of halogens is 2. The van der Waals surface area contributed by atoms with E-state index in [4.69, 9.17) is 9.47 Å². The van der Waals surface area contributed by atoms with Crippen LogP contribution in [0.4, 0.5) is 8.78 Å². The van der Waals surface area contributed by atoms with Gasteiger partial charge in [-0.25, -0.2) is 8.78 Å². The number of hydrogen-bond donors (Lipinski definition) is 0. The summed E-state index contributed by atoms with van der Waals surface area (Å²) in [4.78, 5) is 0. The third-order valence-electron chi connectivity index (χ3n) is 3.46. The van der Waals surface area contributed by atoms with Gasteiger partial charge in [-0.2, -0.15) is 0 Å². The van der Waals surface area contributed by atoms with Crippen LogP contribution in [0.3, 0.4) is 0 Å². The van der Waals surface area contributed by atoms with Crippen LogP contribution in [0.1, 0.15) is 11.1 Å². The molecule has 0 bridgehead atoms. The number of benzene rings is 3. The fourth-order valence-electron chi connectivity index (χ4n) is 2.13. The van der Waals surface area contributed by atoms with Gasteiger partial charge < -0.3 is 9.47 Å². The van der Waals surface area contributed by atoms with Gasteiger partial charge in [0.2, 0.25) is 0 Å². The smallest absolute Gasteiger partial charge is 0.123 e. The number of rotatable bonds is 6. The van der Waals surface area contributed by atoms with E-state index in [9.17, 15) is 8.78 Å². The highest BCUT2D eigenvalue weighted by molar-refractivity contribution is 5.32. The molecule has 0 fully saturated rings. The molecule has 0 unspecified atom stereocenters. The van der Waals surface area contributed by atoms with Crippen molar-refractivity contribution < 1.29 is 18.3 Å². The van der Waals surface area contributed by atoms with E-state index in [-0.39, 0.29) is 11.6 Å². The lowest BCUT2D eigenvalue weighted by atomic mass is 10.2. The first kappa shape index (κ1) is 16.0. The molecule has 0 radical (unpaired) electrons. The Bertz CT molecular complexity index is 698. The average molecular weight is 326 g/mol. The Balaban J connectivity index is 1.51. The predicted molar refractivity (Wildman–Crippen MR) is 87.9 cm³/mol. The summed E-state index contributed by atoms with van der Waals surface area (Å²) in [6, 6.07) is 19.6. The van der Waals surface area contributed by atoms with Crippen molar-refractivity contribution in [2.24, 2.45) is 0 Å². The summed E-state index contributed by atoms with van der Waals surface area (Å²) < 4.78 is 37.0. The van der Waals surface area contributed by atoms with Crippen molar-refractivity contribution in [2.45, 2.75) is 13.2 Å². The van der Waals surface area contributed by atoms with Crippen molar-refractivity contribution in [1.82, 2.24) is 0 Å². The van der Waals surface area contributed by atoms with Gasteiger partial charge in [-0.15, -0.1) is 0 Å². The Labute approximate surface area is 139 Å². The highest BCUT2D eigenvalue weighted by atomic mass is 19.1. The average Bonchev–Trinajstić information content (AvgIpc) is 2.62.